The molecule has 12 heteroatoms. The van der Waals surface area contributed by atoms with Crippen LogP contribution in [0, 0.1) is 11.8 Å². The Morgan fingerprint density at radius 1 is 1.13 bits per heavy atom. The zero-order chi connectivity index (χ0) is 33.1. The van der Waals surface area contributed by atoms with E-state index in [-0.39, 0.29) is 26.0 Å². The number of imide groups is 1. The molecule has 4 amide bonds. The monoisotopic (exact) mass is 639 g/mol. The first-order chi connectivity index (χ1) is 22.1. The molecular formula is C34H49N5O7. The van der Waals surface area contributed by atoms with Gasteiger partial charge >= 0.3 is 12.2 Å². The summed E-state index contributed by atoms with van der Waals surface area (Å²) < 4.78 is 10.5. The van der Waals surface area contributed by atoms with E-state index in [0.717, 1.165) is 42.6 Å². The van der Waals surface area contributed by atoms with Crippen LogP contribution in [-0.2, 0) is 31.9 Å². The number of aliphatic hydroxyl groups is 1. The molecule has 1 saturated carbocycles. The molecule has 46 heavy (non-hydrogen) atoms. The van der Waals surface area contributed by atoms with E-state index >= 15 is 0 Å². The van der Waals surface area contributed by atoms with Crippen molar-refractivity contribution in [2.75, 3.05) is 20.2 Å². The number of hydrogen-bond acceptors (Lipinski definition) is 8. The number of imidazole rings is 1. The minimum absolute atomic E-state index is 0.0200. The number of rotatable bonds is 15. The largest absolute Gasteiger partial charge is 0.447 e. The van der Waals surface area contributed by atoms with Gasteiger partial charge in [-0.1, -0.05) is 76.3 Å². The number of amides is 4. The van der Waals surface area contributed by atoms with Crippen LogP contribution in [0.25, 0.3) is 0 Å². The van der Waals surface area contributed by atoms with Crippen LogP contribution >= 0.6 is 0 Å². The maximum absolute atomic E-state index is 14.1. The number of benzene rings is 1. The van der Waals surface area contributed by atoms with Crippen LogP contribution in [0.3, 0.4) is 0 Å². The molecule has 2 heterocycles. The summed E-state index contributed by atoms with van der Waals surface area (Å²) in [4.78, 5) is 62.5. The van der Waals surface area contributed by atoms with E-state index in [1.165, 1.54) is 24.7 Å². The number of carbonyl (C=O) groups is 4. The summed E-state index contributed by atoms with van der Waals surface area (Å²) >= 11 is 0. The first-order valence-corrected chi connectivity index (χ1v) is 16.5. The number of nitrogens with zero attached hydrogens (tertiary/aromatic N) is 3. The minimum Gasteiger partial charge on any atom is -0.447 e. The topological polar surface area (TPSA) is 154 Å². The zero-order valence-corrected chi connectivity index (χ0v) is 27.2. The van der Waals surface area contributed by atoms with Crippen molar-refractivity contribution < 1.29 is 33.8 Å². The molecule has 4 atom stereocenters. The molecular weight excluding hydrogens is 590 g/mol. The standard InChI is InChI=1S/C34H49N5O7/c1-23(2)14-15-29(40)27(18-24-10-6-4-7-11-24)37-31(41)28(20-26-21-35-22-36-26)38(3)32(42)30(19-25-12-8-5-9-13-25)46-34(44)39-16-17-45-33(39)43/h5,8-9,12-13,21-24,27-30,40H,4,6-7,10-11,14-20H2,1-3H3,(H,35,36)(H,37,41)/t27-,28-,29-,30-/m0/s1. The van der Waals surface area contributed by atoms with E-state index < -0.39 is 48.3 Å². The lowest BCUT2D eigenvalue weighted by Crippen LogP contribution is -2.56. The van der Waals surface area contributed by atoms with E-state index in [0.29, 0.717) is 30.4 Å². The highest BCUT2D eigenvalue weighted by Crippen LogP contribution is 2.29. The molecule has 1 aromatic heterocycles. The average Bonchev–Trinajstić information content (AvgIpc) is 3.73. The number of aromatic nitrogens is 2. The van der Waals surface area contributed by atoms with Gasteiger partial charge in [0.05, 0.1) is 25.0 Å². The first kappa shape index (κ1) is 34.9. The van der Waals surface area contributed by atoms with Gasteiger partial charge in [0.1, 0.15) is 12.6 Å². The highest BCUT2D eigenvalue weighted by Gasteiger charge is 2.38. The minimum atomic E-state index is -1.32. The van der Waals surface area contributed by atoms with Gasteiger partial charge in [0.2, 0.25) is 5.91 Å². The first-order valence-electron chi connectivity index (χ1n) is 16.5. The van der Waals surface area contributed by atoms with Gasteiger partial charge in [-0.3, -0.25) is 9.59 Å². The maximum Gasteiger partial charge on any atom is 0.420 e. The van der Waals surface area contributed by atoms with Crippen LogP contribution in [0.2, 0.25) is 0 Å². The molecule has 12 nitrogen and oxygen atoms in total. The fraction of sp³-hybridized carbons (Fsp3) is 0.618. The number of ether oxygens (including phenoxy) is 2. The molecule has 2 fully saturated rings. The van der Waals surface area contributed by atoms with Gasteiger partial charge in [-0.2, -0.15) is 0 Å². The summed E-state index contributed by atoms with van der Waals surface area (Å²) in [6.07, 6.45) is 7.06. The molecule has 0 bridgehead atoms. The average molecular weight is 640 g/mol. The Balaban J connectivity index is 1.57. The van der Waals surface area contributed by atoms with Crippen LogP contribution in [-0.4, -0.2) is 93.4 Å². The van der Waals surface area contributed by atoms with Crippen molar-refractivity contribution in [2.45, 2.75) is 102 Å². The molecule has 1 saturated heterocycles. The quantitative estimate of drug-likeness (QED) is 0.262. The maximum atomic E-state index is 14.1. The normalized spacial score (nSPS) is 18.0. The van der Waals surface area contributed by atoms with E-state index in [2.05, 4.69) is 29.1 Å². The van der Waals surface area contributed by atoms with E-state index in [1.807, 2.05) is 18.2 Å². The molecule has 0 radical (unpaired) electrons. The van der Waals surface area contributed by atoms with Crippen LogP contribution in [0.5, 0.6) is 0 Å². The smallest absolute Gasteiger partial charge is 0.420 e. The number of carbonyl (C=O) groups excluding carboxylic acids is 4. The number of nitrogens with one attached hydrogen (secondary N) is 2. The lowest BCUT2D eigenvalue weighted by Gasteiger charge is -2.34. The van der Waals surface area contributed by atoms with E-state index in [1.54, 1.807) is 18.3 Å². The molecule has 2 aliphatic rings. The zero-order valence-electron chi connectivity index (χ0n) is 27.2. The number of likely N-dealkylation sites (N-methyl/N-ethyl adjacent to an activating group) is 1. The Morgan fingerprint density at radius 2 is 1.87 bits per heavy atom. The second kappa shape index (κ2) is 17.1. The third kappa shape index (κ3) is 10.0. The number of H-pyrrole nitrogens is 1. The summed E-state index contributed by atoms with van der Waals surface area (Å²) in [5, 5.41) is 14.4. The third-order valence-corrected chi connectivity index (χ3v) is 8.99. The molecule has 2 aromatic rings. The fourth-order valence-corrected chi connectivity index (χ4v) is 6.22. The van der Waals surface area contributed by atoms with Gasteiger partial charge < -0.3 is 29.8 Å². The summed E-state index contributed by atoms with van der Waals surface area (Å²) in [7, 11) is 1.50. The Morgan fingerprint density at radius 3 is 2.50 bits per heavy atom. The summed E-state index contributed by atoms with van der Waals surface area (Å²) in [5.74, 6) is -0.203. The number of hydrogen-bond donors (Lipinski definition) is 3. The van der Waals surface area contributed by atoms with Gasteiger partial charge in [-0.25, -0.2) is 19.5 Å². The van der Waals surface area contributed by atoms with Gasteiger partial charge in [-0.05, 0) is 36.7 Å². The highest BCUT2D eigenvalue weighted by molar-refractivity contribution is 5.93. The second-order valence-corrected chi connectivity index (χ2v) is 13.0. The van der Waals surface area contributed by atoms with Crippen molar-refractivity contribution in [3.63, 3.8) is 0 Å². The number of cyclic esters (lactones) is 1. The highest BCUT2D eigenvalue weighted by atomic mass is 16.6. The molecule has 1 aliphatic carbocycles. The number of aromatic amines is 1. The molecule has 4 rings (SSSR count). The summed E-state index contributed by atoms with van der Waals surface area (Å²) in [6.45, 7) is 4.27. The van der Waals surface area contributed by atoms with Gasteiger partial charge in [0.15, 0.2) is 6.10 Å². The second-order valence-electron chi connectivity index (χ2n) is 13.0. The van der Waals surface area contributed by atoms with Crippen LogP contribution in [0.4, 0.5) is 9.59 Å². The van der Waals surface area contributed by atoms with Gasteiger partial charge in [-0.15, -0.1) is 0 Å². The lowest BCUT2D eigenvalue weighted by molar-refractivity contribution is -0.146. The Hall–Kier alpha value is -3.93. The molecule has 1 aromatic carbocycles. The fourth-order valence-electron chi connectivity index (χ4n) is 6.22. The SMILES string of the molecule is CC(C)CC[C@H](O)[C@H](CC1CCCCC1)NC(=O)[C@H](Cc1cnc[nH]1)N(C)C(=O)[C@H](Cc1ccccc1)OC(=O)N1CCOC1=O. The van der Waals surface area contributed by atoms with Crippen LogP contribution in [0.15, 0.2) is 42.9 Å². The Bertz CT molecular complexity index is 1270. The van der Waals surface area contributed by atoms with Crippen molar-refractivity contribution in [3.05, 3.63) is 54.1 Å². The predicted octanol–water partition coefficient (Wildman–Crippen LogP) is 4.23. The molecule has 252 valence electrons. The van der Waals surface area contributed by atoms with Gasteiger partial charge in [0, 0.05) is 31.8 Å². The van der Waals surface area contributed by atoms with Gasteiger partial charge in [0.25, 0.3) is 5.91 Å². The van der Waals surface area contributed by atoms with Crippen molar-refractivity contribution >= 4 is 24.0 Å². The molecule has 0 unspecified atom stereocenters. The predicted molar refractivity (Wildman–Crippen MR) is 171 cm³/mol. The number of aliphatic hydroxyl groups excluding tert-OH is 1. The van der Waals surface area contributed by atoms with Crippen molar-refractivity contribution in [3.8, 4) is 0 Å². The lowest BCUT2D eigenvalue weighted by atomic mass is 9.83. The van der Waals surface area contributed by atoms with Crippen molar-refractivity contribution in [2.24, 2.45) is 11.8 Å². The van der Waals surface area contributed by atoms with Crippen LogP contribution < -0.4 is 5.32 Å². The van der Waals surface area contributed by atoms with E-state index in [4.69, 9.17) is 9.47 Å². The summed E-state index contributed by atoms with van der Waals surface area (Å²) in [5.41, 5.74) is 1.38. The molecule has 3 N–H and O–H groups in total. The third-order valence-electron chi connectivity index (χ3n) is 8.99. The Labute approximate surface area is 271 Å². The molecule has 0 spiro atoms. The van der Waals surface area contributed by atoms with Crippen molar-refractivity contribution in [1.29, 1.82) is 0 Å². The summed E-state index contributed by atoms with van der Waals surface area (Å²) in [6, 6.07) is 7.59. The van der Waals surface area contributed by atoms with Crippen molar-refractivity contribution in [1.82, 2.24) is 25.1 Å². The van der Waals surface area contributed by atoms with E-state index in [9.17, 15) is 24.3 Å². The Kier molecular flexibility index (Phi) is 13.0. The molecule has 1 aliphatic heterocycles. The van der Waals surface area contributed by atoms with Crippen LogP contribution in [0.1, 0.15) is 76.5 Å².